The molecule has 1 atom stereocenters. The summed E-state index contributed by atoms with van der Waals surface area (Å²) in [4.78, 5) is 2.46. The van der Waals surface area contributed by atoms with Gasteiger partial charge in [-0.15, -0.1) is 11.8 Å². The smallest absolute Gasteiger partial charge is 0.0382 e. The molecule has 0 radical (unpaired) electrons. The van der Waals surface area contributed by atoms with Crippen molar-refractivity contribution >= 4 is 34.5 Å². The third-order valence-electron chi connectivity index (χ3n) is 5.39. The zero-order chi connectivity index (χ0) is 20.6. The highest BCUT2D eigenvalue weighted by Gasteiger charge is 2.18. The van der Waals surface area contributed by atoms with Crippen molar-refractivity contribution in [2.24, 2.45) is 0 Å². The first-order chi connectivity index (χ1) is 14.1. The van der Waals surface area contributed by atoms with Crippen LogP contribution < -0.4 is 5.32 Å². The van der Waals surface area contributed by atoms with E-state index in [1.54, 1.807) is 5.57 Å². The molecule has 0 bridgehead atoms. The van der Waals surface area contributed by atoms with E-state index < -0.39 is 0 Å². The Morgan fingerprint density at radius 2 is 1.72 bits per heavy atom. The molecular formula is C26H33NS2. The number of rotatable bonds is 11. The maximum atomic E-state index is 5.37. The molecule has 1 nitrogen and oxygen atoms in total. The van der Waals surface area contributed by atoms with Crippen LogP contribution in [0.3, 0.4) is 0 Å². The quantitative estimate of drug-likeness (QED) is 0.289. The van der Waals surface area contributed by atoms with Gasteiger partial charge in [0.15, 0.2) is 0 Å². The number of thioether (sulfide) groups is 1. The van der Waals surface area contributed by atoms with Crippen molar-refractivity contribution in [3.63, 3.8) is 0 Å². The van der Waals surface area contributed by atoms with E-state index in [1.807, 2.05) is 11.8 Å². The molecule has 0 amide bonds. The third kappa shape index (κ3) is 7.01. The van der Waals surface area contributed by atoms with E-state index in [2.05, 4.69) is 74.6 Å². The van der Waals surface area contributed by atoms with Gasteiger partial charge in [-0.2, -0.15) is 0 Å². The zero-order valence-corrected chi connectivity index (χ0v) is 19.6. The van der Waals surface area contributed by atoms with E-state index >= 15 is 0 Å². The molecule has 0 saturated heterocycles. The lowest BCUT2D eigenvalue weighted by Gasteiger charge is -2.17. The molecule has 1 N–H and O–H groups in total. The molecule has 2 aromatic rings. The minimum Gasteiger partial charge on any atom is -0.359 e. The maximum absolute atomic E-state index is 5.37. The van der Waals surface area contributed by atoms with Gasteiger partial charge in [-0.1, -0.05) is 56.8 Å². The first kappa shape index (κ1) is 22.1. The van der Waals surface area contributed by atoms with Gasteiger partial charge >= 0.3 is 0 Å². The van der Waals surface area contributed by atoms with Crippen LogP contribution in [0.25, 0.3) is 0 Å². The van der Waals surface area contributed by atoms with Crippen molar-refractivity contribution in [2.75, 3.05) is 11.1 Å². The molecule has 3 rings (SSSR count). The SMILES string of the molecule is CCCC(CC(C)=S)c1ccc(NC(Cc2ccc(SCC)cc2)=C2CC2)cc1. The van der Waals surface area contributed by atoms with Gasteiger partial charge < -0.3 is 5.32 Å². The predicted octanol–water partition coefficient (Wildman–Crippen LogP) is 8.16. The first-order valence-corrected chi connectivity index (χ1v) is 12.3. The van der Waals surface area contributed by atoms with Crippen LogP contribution in [0.5, 0.6) is 0 Å². The summed E-state index contributed by atoms with van der Waals surface area (Å²) in [5.41, 5.74) is 6.93. The van der Waals surface area contributed by atoms with E-state index in [0.717, 1.165) is 23.5 Å². The average Bonchev–Trinajstić information content (AvgIpc) is 3.54. The lowest BCUT2D eigenvalue weighted by Crippen LogP contribution is -2.05. The van der Waals surface area contributed by atoms with E-state index in [0.29, 0.717) is 5.92 Å². The van der Waals surface area contributed by atoms with Gasteiger partial charge in [0.2, 0.25) is 0 Å². The highest BCUT2D eigenvalue weighted by Crippen LogP contribution is 2.34. The minimum absolute atomic E-state index is 0.548. The summed E-state index contributed by atoms with van der Waals surface area (Å²) in [6.07, 6.45) is 6.85. The molecule has 1 aliphatic carbocycles. The van der Waals surface area contributed by atoms with Gasteiger partial charge in [0.05, 0.1) is 0 Å². The van der Waals surface area contributed by atoms with Gasteiger partial charge in [0, 0.05) is 22.7 Å². The van der Waals surface area contributed by atoms with Crippen molar-refractivity contribution in [3.05, 3.63) is 70.9 Å². The van der Waals surface area contributed by atoms with Crippen molar-refractivity contribution < 1.29 is 0 Å². The number of benzene rings is 2. The molecule has 1 fully saturated rings. The highest BCUT2D eigenvalue weighted by molar-refractivity contribution is 7.99. The number of hydrogen-bond donors (Lipinski definition) is 1. The summed E-state index contributed by atoms with van der Waals surface area (Å²) in [7, 11) is 0. The summed E-state index contributed by atoms with van der Waals surface area (Å²) in [6, 6.07) is 18.1. The summed E-state index contributed by atoms with van der Waals surface area (Å²) in [6.45, 7) is 6.52. The van der Waals surface area contributed by atoms with E-state index in [4.69, 9.17) is 12.2 Å². The fourth-order valence-corrected chi connectivity index (χ4v) is 4.65. The minimum atomic E-state index is 0.548. The summed E-state index contributed by atoms with van der Waals surface area (Å²) in [5, 5.41) is 3.72. The van der Waals surface area contributed by atoms with Gasteiger partial charge in [-0.3, -0.25) is 0 Å². The van der Waals surface area contributed by atoms with Crippen LogP contribution >= 0.6 is 24.0 Å². The van der Waals surface area contributed by atoms with Crippen LogP contribution in [0.4, 0.5) is 5.69 Å². The molecule has 2 aromatic carbocycles. The normalized spacial score (nSPS) is 13.8. The Morgan fingerprint density at radius 3 is 2.28 bits per heavy atom. The number of hydrogen-bond acceptors (Lipinski definition) is 3. The van der Waals surface area contributed by atoms with Gasteiger partial charge in [0.25, 0.3) is 0 Å². The van der Waals surface area contributed by atoms with Crippen molar-refractivity contribution in [2.45, 2.75) is 70.1 Å². The zero-order valence-electron chi connectivity index (χ0n) is 18.0. The van der Waals surface area contributed by atoms with Crippen molar-refractivity contribution in [3.8, 4) is 0 Å². The first-order valence-electron chi connectivity index (χ1n) is 10.9. The molecule has 3 heteroatoms. The van der Waals surface area contributed by atoms with Crippen molar-refractivity contribution in [1.29, 1.82) is 0 Å². The van der Waals surface area contributed by atoms with E-state index in [9.17, 15) is 0 Å². The van der Waals surface area contributed by atoms with Crippen LogP contribution in [0, 0.1) is 0 Å². The van der Waals surface area contributed by atoms with E-state index in [-0.39, 0.29) is 0 Å². The maximum Gasteiger partial charge on any atom is 0.0382 e. The van der Waals surface area contributed by atoms with Crippen LogP contribution in [-0.2, 0) is 6.42 Å². The molecule has 0 heterocycles. The largest absolute Gasteiger partial charge is 0.359 e. The Kier molecular flexibility index (Phi) is 8.38. The Balaban J connectivity index is 1.67. The van der Waals surface area contributed by atoms with Crippen LogP contribution in [-0.4, -0.2) is 10.6 Å². The molecular weight excluding hydrogens is 390 g/mol. The molecule has 1 saturated carbocycles. The lowest BCUT2D eigenvalue weighted by molar-refractivity contribution is 0.635. The summed E-state index contributed by atoms with van der Waals surface area (Å²) in [5.74, 6) is 1.67. The predicted molar refractivity (Wildman–Crippen MR) is 133 cm³/mol. The second-order valence-electron chi connectivity index (χ2n) is 7.97. The Hall–Kier alpha value is -1.58. The molecule has 0 aromatic heterocycles. The second-order valence-corrected chi connectivity index (χ2v) is 10.0. The Morgan fingerprint density at radius 1 is 1.03 bits per heavy atom. The third-order valence-corrected chi connectivity index (χ3v) is 6.45. The standard InChI is InChI=1S/C26H33NS2/c1-4-6-23(17-19(3)28)21-11-13-24(14-12-21)27-26(22-9-10-22)18-20-7-15-25(16-8-20)29-5-2/h7-8,11-16,23,27H,4-6,9-10,17-18H2,1-3H3. The number of allylic oxidation sites excluding steroid dienone is 2. The summed E-state index contributed by atoms with van der Waals surface area (Å²) >= 11 is 7.27. The average molecular weight is 424 g/mol. The lowest BCUT2D eigenvalue weighted by atomic mass is 9.90. The molecule has 154 valence electrons. The second kappa shape index (κ2) is 11.0. The monoisotopic (exact) mass is 423 g/mol. The van der Waals surface area contributed by atoms with Gasteiger partial charge in [-0.25, -0.2) is 0 Å². The molecule has 0 aliphatic heterocycles. The summed E-state index contributed by atoms with van der Waals surface area (Å²) < 4.78 is 0. The molecule has 1 aliphatic rings. The van der Waals surface area contributed by atoms with Gasteiger partial charge in [-0.05, 0) is 90.1 Å². The van der Waals surface area contributed by atoms with E-state index in [1.165, 1.54) is 53.1 Å². The molecule has 0 spiro atoms. The Bertz CT molecular complexity index is 828. The molecule has 29 heavy (non-hydrogen) atoms. The number of thiocarbonyl (C=S) groups is 1. The van der Waals surface area contributed by atoms with Crippen molar-refractivity contribution in [1.82, 2.24) is 0 Å². The fourth-order valence-electron chi connectivity index (χ4n) is 3.79. The van der Waals surface area contributed by atoms with Crippen LogP contribution in [0.2, 0.25) is 0 Å². The van der Waals surface area contributed by atoms with Crippen LogP contribution in [0.15, 0.2) is 64.7 Å². The van der Waals surface area contributed by atoms with Crippen LogP contribution in [0.1, 0.15) is 69.9 Å². The van der Waals surface area contributed by atoms with Gasteiger partial charge in [0.1, 0.15) is 0 Å². The Labute approximate surface area is 186 Å². The fraction of sp³-hybridized carbons (Fsp3) is 0.423. The topological polar surface area (TPSA) is 12.0 Å². The molecule has 1 unspecified atom stereocenters. The number of nitrogens with one attached hydrogen (secondary N) is 1. The highest BCUT2D eigenvalue weighted by atomic mass is 32.2. The number of anilines is 1.